The quantitative estimate of drug-likeness (QED) is 0.845. The van der Waals surface area contributed by atoms with E-state index < -0.39 is 0 Å². The molecule has 0 saturated carbocycles. The molecule has 4 heteroatoms. The third-order valence-electron chi connectivity index (χ3n) is 3.56. The molecule has 1 aliphatic heterocycles. The lowest BCUT2D eigenvalue weighted by Crippen LogP contribution is -2.45. The van der Waals surface area contributed by atoms with Crippen molar-refractivity contribution in [3.63, 3.8) is 0 Å². The highest BCUT2D eigenvalue weighted by Crippen LogP contribution is 2.29. The van der Waals surface area contributed by atoms with Gasteiger partial charge in [0.15, 0.2) is 0 Å². The molecule has 3 nitrogen and oxygen atoms in total. The van der Waals surface area contributed by atoms with Crippen LogP contribution in [0.1, 0.15) is 19.1 Å². The Kier molecular flexibility index (Phi) is 4.95. The minimum atomic E-state index is 0.500. The second-order valence-corrected chi connectivity index (χ2v) is 5.72. The zero-order valence-electron chi connectivity index (χ0n) is 10.5. The van der Waals surface area contributed by atoms with Crippen LogP contribution in [0.15, 0.2) is 22.8 Å². The average Bonchev–Trinajstić information content (AvgIpc) is 3.00. The van der Waals surface area contributed by atoms with Crippen molar-refractivity contribution in [1.29, 1.82) is 0 Å². The van der Waals surface area contributed by atoms with Gasteiger partial charge in [-0.05, 0) is 42.5 Å². The molecule has 0 bridgehead atoms. The molecule has 1 saturated heterocycles. The molecule has 96 valence electrons. The van der Waals surface area contributed by atoms with E-state index >= 15 is 0 Å². The van der Waals surface area contributed by atoms with Crippen LogP contribution in [0.3, 0.4) is 0 Å². The Bertz CT molecular complexity index is 309. The summed E-state index contributed by atoms with van der Waals surface area (Å²) in [5.41, 5.74) is 5.98. The molecule has 0 aromatic carbocycles. The zero-order chi connectivity index (χ0) is 12.1. The molecule has 2 unspecified atom stereocenters. The lowest BCUT2D eigenvalue weighted by molar-refractivity contribution is 0.144. The Labute approximate surface area is 108 Å². The van der Waals surface area contributed by atoms with Crippen molar-refractivity contribution >= 4 is 11.8 Å². The van der Waals surface area contributed by atoms with E-state index in [1.807, 2.05) is 12.1 Å². The summed E-state index contributed by atoms with van der Waals surface area (Å²) in [5.74, 6) is 4.34. The molecule has 2 atom stereocenters. The SMILES string of the molecule is CCN(Cc1ccco1)C(CN)C1CCSC1. The highest BCUT2D eigenvalue weighted by atomic mass is 32.2. The number of rotatable bonds is 6. The first-order valence-corrected chi connectivity index (χ1v) is 7.54. The number of thioether (sulfide) groups is 1. The van der Waals surface area contributed by atoms with Gasteiger partial charge < -0.3 is 10.2 Å². The van der Waals surface area contributed by atoms with Gasteiger partial charge in [-0.2, -0.15) is 11.8 Å². The normalized spacial score (nSPS) is 22.2. The number of furan rings is 1. The van der Waals surface area contributed by atoms with Crippen LogP contribution in [-0.2, 0) is 6.54 Å². The van der Waals surface area contributed by atoms with Crippen LogP contribution < -0.4 is 5.73 Å². The standard InChI is InChI=1S/C13H22N2OS/c1-2-15(9-12-4-3-6-16-12)13(8-14)11-5-7-17-10-11/h3-4,6,11,13H,2,5,7-10,14H2,1H3. The van der Waals surface area contributed by atoms with E-state index in [1.54, 1.807) is 6.26 Å². The first kappa shape index (κ1) is 13.0. The first-order chi connectivity index (χ1) is 8.35. The number of hydrogen-bond acceptors (Lipinski definition) is 4. The van der Waals surface area contributed by atoms with E-state index in [0.29, 0.717) is 6.04 Å². The van der Waals surface area contributed by atoms with E-state index in [1.165, 1.54) is 17.9 Å². The van der Waals surface area contributed by atoms with Crippen LogP contribution >= 0.6 is 11.8 Å². The van der Waals surface area contributed by atoms with Crippen molar-refractivity contribution in [2.45, 2.75) is 25.9 Å². The van der Waals surface area contributed by atoms with Gasteiger partial charge in [-0.1, -0.05) is 6.92 Å². The molecule has 17 heavy (non-hydrogen) atoms. The Balaban J connectivity index is 1.99. The molecule has 1 aliphatic rings. The van der Waals surface area contributed by atoms with Crippen molar-refractivity contribution in [3.05, 3.63) is 24.2 Å². The second-order valence-electron chi connectivity index (χ2n) is 4.57. The summed E-state index contributed by atoms with van der Waals surface area (Å²) < 4.78 is 5.44. The highest BCUT2D eigenvalue weighted by Gasteiger charge is 2.28. The Morgan fingerprint density at radius 2 is 2.53 bits per heavy atom. The monoisotopic (exact) mass is 254 g/mol. The van der Waals surface area contributed by atoms with E-state index in [-0.39, 0.29) is 0 Å². The van der Waals surface area contributed by atoms with Gasteiger partial charge in [0.2, 0.25) is 0 Å². The van der Waals surface area contributed by atoms with Crippen LogP contribution in [0.25, 0.3) is 0 Å². The fourth-order valence-electron chi connectivity index (χ4n) is 2.56. The van der Waals surface area contributed by atoms with Crippen molar-refractivity contribution in [2.75, 3.05) is 24.6 Å². The summed E-state index contributed by atoms with van der Waals surface area (Å²) in [6.07, 6.45) is 3.05. The topological polar surface area (TPSA) is 42.4 Å². The van der Waals surface area contributed by atoms with Gasteiger partial charge in [0, 0.05) is 12.6 Å². The molecule has 2 heterocycles. The molecule has 1 aromatic rings. The largest absolute Gasteiger partial charge is 0.468 e. The third-order valence-corrected chi connectivity index (χ3v) is 4.75. The molecular formula is C13H22N2OS. The number of likely N-dealkylation sites (N-methyl/N-ethyl adjacent to an activating group) is 1. The summed E-state index contributed by atoms with van der Waals surface area (Å²) in [6.45, 7) is 4.86. The lowest BCUT2D eigenvalue weighted by atomic mass is 9.97. The maximum absolute atomic E-state index is 5.98. The van der Waals surface area contributed by atoms with Crippen LogP contribution in [0.2, 0.25) is 0 Å². The fourth-order valence-corrected chi connectivity index (χ4v) is 3.89. The predicted molar refractivity (Wildman–Crippen MR) is 73.1 cm³/mol. The number of nitrogens with zero attached hydrogens (tertiary/aromatic N) is 1. The molecule has 2 rings (SSSR count). The average molecular weight is 254 g/mol. The molecule has 2 N–H and O–H groups in total. The van der Waals surface area contributed by atoms with Crippen molar-refractivity contribution in [3.8, 4) is 0 Å². The van der Waals surface area contributed by atoms with Gasteiger partial charge in [0.25, 0.3) is 0 Å². The van der Waals surface area contributed by atoms with E-state index in [0.717, 1.165) is 31.3 Å². The third kappa shape index (κ3) is 3.27. The summed E-state index contributed by atoms with van der Waals surface area (Å²) in [6, 6.07) is 4.49. The molecule has 0 aliphatic carbocycles. The van der Waals surface area contributed by atoms with Gasteiger partial charge in [-0.3, -0.25) is 4.90 Å². The van der Waals surface area contributed by atoms with Crippen LogP contribution in [0, 0.1) is 5.92 Å². The maximum atomic E-state index is 5.98. The van der Waals surface area contributed by atoms with E-state index in [9.17, 15) is 0 Å². The maximum Gasteiger partial charge on any atom is 0.117 e. The highest BCUT2D eigenvalue weighted by molar-refractivity contribution is 7.99. The molecule has 0 radical (unpaired) electrons. The summed E-state index contributed by atoms with van der Waals surface area (Å²) in [7, 11) is 0. The van der Waals surface area contributed by atoms with Gasteiger partial charge in [-0.15, -0.1) is 0 Å². The van der Waals surface area contributed by atoms with Crippen LogP contribution in [0.5, 0.6) is 0 Å². The summed E-state index contributed by atoms with van der Waals surface area (Å²) >= 11 is 2.06. The van der Waals surface area contributed by atoms with Crippen molar-refractivity contribution in [1.82, 2.24) is 4.90 Å². The van der Waals surface area contributed by atoms with Gasteiger partial charge in [-0.25, -0.2) is 0 Å². The van der Waals surface area contributed by atoms with Gasteiger partial charge in [0.05, 0.1) is 12.8 Å². The van der Waals surface area contributed by atoms with Crippen molar-refractivity contribution < 1.29 is 4.42 Å². The number of hydrogen-bond donors (Lipinski definition) is 1. The number of nitrogens with two attached hydrogens (primary N) is 1. The Hall–Kier alpha value is -0.450. The molecular weight excluding hydrogens is 232 g/mol. The van der Waals surface area contributed by atoms with E-state index in [2.05, 4.69) is 23.6 Å². The minimum Gasteiger partial charge on any atom is -0.468 e. The van der Waals surface area contributed by atoms with E-state index in [4.69, 9.17) is 10.2 Å². The Morgan fingerprint density at radius 1 is 1.65 bits per heavy atom. The molecule has 0 amide bonds. The van der Waals surface area contributed by atoms with Gasteiger partial charge >= 0.3 is 0 Å². The summed E-state index contributed by atoms with van der Waals surface area (Å²) in [4.78, 5) is 2.45. The minimum absolute atomic E-state index is 0.500. The summed E-state index contributed by atoms with van der Waals surface area (Å²) in [5, 5.41) is 0. The van der Waals surface area contributed by atoms with Gasteiger partial charge in [0.1, 0.15) is 5.76 Å². The van der Waals surface area contributed by atoms with Crippen LogP contribution in [0.4, 0.5) is 0 Å². The van der Waals surface area contributed by atoms with Crippen LogP contribution in [-0.4, -0.2) is 35.5 Å². The second kappa shape index (κ2) is 6.47. The first-order valence-electron chi connectivity index (χ1n) is 6.39. The zero-order valence-corrected chi connectivity index (χ0v) is 11.3. The molecule has 1 fully saturated rings. The fraction of sp³-hybridized carbons (Fsp3) is 0.692. The lowest BCUT2D eigenvalue weighted by Gasteiger charge is -2.33. The predicted octanol–water partition coefficient (Wildman–Crippen LogP) is 2.18. The smallest absolute Gasteiger partial charge is 0.117 e. The molecule has 0 spiro atoms. The van der Waals surface area contributed by atoms with Crippen molar-refractivity contribution in [2.24, 2.45) is 11.7 Å². The Morgan fingerprint density at radius 3 is 3.06 bits per heavy atom. The molecule has 1 aromatic heterocycles.